The van der Waals surface area contributed by atoms with E-state index in [1.54, 1.807) is 43.5 Å². The van der Waals surface area contributed by atoms with E-state index in [0.717, 1.165) is 11.3 Å². The Bertz CT molecular complexity index is 1030. The summed E-state index contributed by atoms with van der Waals surface area (Å²) in [4.78, 5) is 31.9. The van der Waals surface area contributed by atoms with Crippen LogP contribution in [0.4, 0.5) is 22.9 Å². The number of aromatic nitrogens is 2. The fraction of sp³-hybridized carbons (Fsp3) is 0.143. The minimum absolute atomic E-state index is 0.137. The molecule has 3 aromatic rings. The number of ether oxygens (including phenoxy) is 1. The second-order valence-corrected chi connectivity index (χ2v) is 6.33. The Morgan fingerprint density at radius 3 is 2.34 bits per heavy atom. The Kier molecular flexibility index (Phi) is 6.03. The average Bonchev–Trinajstić information content (AvgIpc) is 2.69. The summed E-state index contributed by atoms with van der Waals surface area (Å²) in [6, 6.07) is 14.2. The second kappa shape index (κ2) is 8.83. The third kappa shape index (κ3) is 5.29. The van der Waals surface area contributed by atoms with E-state index in [-0.39, 0.29) is 17.5 Å². The van der Waals surface area contributed by atoms with Gasteiger partial charge in [-0.25, -0.2) is 9.97 Å². The lowest BCUT2D eigenvalue weighted by Gasteiger charge is -2.11. The van der Waals surface area contributed by atoms with Crippen LogP contribution in [0.5, 0.6) is 5.75 Å². The quantitative estimate of drug-likeness (QED) is 0.591. The highest BCUT2D eigenvalue weighted by Crippen LogP contribution is 2.26. The zero-order chi connectivity index (χ0) is 20.8. The number of nitrogens with zero attached hydrogens (tertiary/aromatic N) is 2. The average molecular weight is 391 g/mol. The molecule has 29 heavy (non-hydrogen) atoms. The van der Waals surface area contributed by atoms with Crippen LogP contribution in [-0.4, -0.2) is 28.9 Å². The molecule has 0 saturated carbocycles. The summed E-state index contributed by atoms with van der Waals surface area (Å²) in [7, 11) is 1.55. The number of hydrogen-bond donors (Lipinski definition) is 3. The molecular formula is C21H21N5O3. The van der Waals surface area contributed by atoms with Crippen LogP contribution in [0.2, 0.25) is 0 Å². The Labute approximate surface area is 168 Å². The van der Waals surface area contributed by atoms with Crippen LogP contribution in [0.25, 0.3) is 0 Å². The number of rotatable bonds is 6. The molecule has 0 fully saturated rings. The van der Waals surface area contributed by atoms with E-state index in [2.05, 4.69) is 25.9 Å². The van der Waals surface area contributed by atoms with Crippen LogP contribution in [0, 0.1) is 6.92 Å². The van der Waals surface area contributed by atoms with Gasteiger partial charge >= 0.3 is 0 Å². The Morgan fingerprint density at radius 2 is 1.66 bits per heavy atom. The van der Waals surface area contributed by atoms with Crippen molar-refractivity contribution in [3.05, 3.63) is 66.1 Å². The fourth-order valence-corrected chi connectivity index (χ4v) is 2.64. The molecule has 1 aromatic heterocycles. The molecule has 0 aliphatic rings. The maximum Gasteiger partial charge on any atom is 0.274 e. The molecule has 0 unspecified atom stereocenters. The smallest absolute Gasteiger partial charge is 0.274 e. The fourth-order valence-electron chi connectivity index (χ4n) is 2.64. The van der Waals surface area contributed by atoms with Gasteiger partial charge < -0.3 is 20.7 Å². The summed E-state index contributed by atoms with van der Waals surface area (Å²) in [5, 5.41) is 8.62. The summed E-state index contributed by atoms with van der Waals surface area (Å²) >= 11 is 0. The van der Waals surface area contributed by atoms with Gasteiger partial charge in [0.2, 0.25) is 5.91 Å². The molecule has 0 atom stereocenters. The van der Waals surface area contributed by atoms with E-state index in [4.69, 9.17) is 4.74 Å². The number of carbonyl (C=O) groups is 2. The summed E-state index contributed by atoms with van der Waals surface area (Å²) in [6.07, 6.45) is 1.32. The molecule has 1 heterocycles. The lowest BCUT2D eigenvalue weighted by molar-refractivity contribution is -0.114. The molecular weight excluding hydrogens is 370 g/mol. The second-order valence-electron chi connectivity index (χ2n) is 6.33. The van der Waals surface area contributed by atoms with E-state index in [1.807, 2.05) is 19.1 Å². The van der Waals surface area contributed by atoms with Gasteiger partial charge in [-0.3, -0.25) is 9.59 Å². The highest BCUT2D eigenvalue weighted by atomic mass is 16.5. The van der Waals surface area contributed by atoms with Crippen molar-refractivity contribution in [3.8, 4) is 5.75 Å². The van der Waals surface area contributed by atoms with E-state index >= 15 is 0 Å². The lowest BCUT2D eigenvalue weighted by atomic mass is 10.2. The zero-order valence-corrected chi connectivity index (χ0v) is 16.3. The number of aryl methyl sites for hydroxylation is 1. The summed E-state index contributed by atoms with van der Waals surface area (Å²) < 4.78 is 5.29. The van der Waals surface area contributed by atoms with Gasteiger partial charge in [0.1, 0.15) is 23.6 Å². The number of methoxy groups -OCH3 is 1. The van der Waals surface area contributed by atoms with Crippen molar-refractivity contribution in [2.45, 2.75) is 13.8 Å². The minimum atomic E-state index is -0.375. The zero-order valence-electron chi connectivity index (χ0n) is 16.3. The van der Waals surface area contributed by atoms with Crippen molar-refractivity contribution < 1.29 is 14.3 Å². The number of hydrogen-bond acceptors (Lipinski definition) is 6. The molecule has 8 heteroatoms. The van der Waals surface area contributed by atoms with E-state index < -0.39 is 0 Å². The molecule has 3 rings (SSSR count). The first-order valence-corrected chi connectivity index (χ1v) is 8.87. The maximum atomic E-state index is 12.6. The predicted octanol–water partition coefficient (Wildman–Crippen LogP) is 3.75. The lowest BCUT2D eigenvalue weighted by Crippen LogP contribution is -2.15. The summed E-state index contributed by atoms with van der Waals surface area (Å²) in [5.74, 6) is 0.520. The molecule has 0 bridgehead atoms. The topological polar surface area (TPSA) is 105 Å². The number of anilines is 4. The highest BCUT2D eigenvalue weighted by Gasteiger charge is 2.12. The minimum Gasteiger partial charge on any atom is -0.495 e. The molecule has 3 N–H and O–H groups in total. The molecule has 0 radical (unpaired) electrons. The largest absolute Gasteiger partial charge is 0.495 e. The third-order valence-electron chi connectivity index (χ3n) is 3.98. The Balaban J connectivity index is 1.73. The number of benzene rings is 2. The summed E-state index contributed by atoms with van der Waals surface area (Å²) in [6.45, 7) is 3.38. The van der Waals surface area contributed by atoms with Crippen LogP contribution in [0.1, 0.15) is 23.0 Å². The van der Waals surface area contributed by atoms with Gasteiger partial charge in [0.05, 0.1) is 12.8 Å². The standard InChI is InChI=1S/C21H21N5O3/c1-13-4-9-19(29-3)17(10-13)26-21(28)18-11-20(23-12-22-18)25-16-7-5-15(6-8-16)24-14(2)27/h4-12H,1-3H3,(H,24,27)(H,26,28)(H,22,23,25). The maximum absolute atomic E-state index is 12.6. The van der Waals surface area contributed by atoms with Gasteiger partial charge in [-0.05, 0) is 48.9 Å². The molecule has 0 aliphatic carbocycles. The van der Waals surface area contributed by atoms with Crippen LogP contribution >= 0.6 is 0 Å². The molecule has 0 aliphatic heterocycles. The first kappa shape index (κ1) is 19.8. The summed E-state index contributed by atoms with van der Waals surface area (Å²) in [5.41, 5.74) is 3.22. The monoisotopic (exact) mass is 391 g/mol. The number of nitrogens with one attached hydrogen (secondary N) is 3. The van der Waals surface area contributed by atoms with Gasteiger partial charge in [0.15, 0.2) is 0 Å². The van der Waals surface area contributed by atoms with Gasteiger partial charge in [-0.2, -0.15) is 0 Å². The van der Waals surface area contributed by atoms with Crippen molar-refractivity contribution in [1.82, 2.24) is 9.97 Å². The van der Waals surface area contributed by atoms with Crippen LogP contribution in [-0.2, 0) is 4.79 Å². The normalized spacial score (nSPS) is 10.2. The van der Waals surface area contributed by atoms with Crippen LogP contribution in [0.15, 0.2) is 54.9 Å². The molecule has 2 amide bonds. The van der Waals surface area contributed by atoms with E-state index in [9.17, 15) is 9.59 Å². The van der Waals surface area contributed by atoms with Crippen molar-refractivity contribution in [2.75, 3.05) is 23.1 Å². The van der Waals surface area contributed by atoms with Crippen molar-refractivity contribution in [2.24, 2.45) is 0 Å². The van der Waals surface area contributed by atoms with Crippen molar-refractivity contribution in [3.63, 3.8) is 0 Å². The molecule has 2 aromatic carbocycles. The highest BCUT2D eigenvalue weighted by molar-refractivity contribution is 6.04. The Morgan fingerprint density at radius 1 is 0.931 bits per heavy atom. The van der Waals surface area contributed by atoms with Gasteiger partial charge in [-0.15, -0.1) is 0 Å². The van der Waals surface area contributed by atoms with E-state index in [0.29, 0.717) is 22.9 Å². The first-order valence-electron chi connectivity index (χ1n) is 8.87. The van der Waals surface area contributed by atoms with Gasteiger partial charge in [0, 0.05) is 24.4 Å². The molecule has 0 saturated heterocycles. The molecule has 0 spiro atoms. The van der Waals surface area contributed by atoms with Gasteiger partial charge in [-0.1, -0.05) is 6.07 Å². The number of amides is 2. The van der Waals surface area contributed by atoms with Crippen molar-refractivity contribution in [1.29, 1.82) is 0 Å². The van der Waals surface area contributed by atoms with E-state index in [1.165, 1.54) is 13.3 Å². The predicted molar refractivity (Wildman–Crippen MR) is 112 cm³/mol. The number of carbonyl (C=O) groups excluding carboxylic acids is 2. The molecule has 8 nitrogen and oxygen atoms in total. The molecule has 148 valence electrons. The van der Waals surface area contributed by atoms with Gasteiger partial charge in [0.25, 0.3) is 5.91 Å². The first-order chi connectivity index (χ1) is 13.9. The van der Waals surface area contributed by atoms with Crippen molar-refractivity contribution >= 4 is 34.7 Å². The third-order valence-corrected chi connectivity index (χ3v) is 3.98. The Hall–Kier alpha value is -3.94. The SMILES string of the molecule is COc1ccc(C)cc1NC(=O)c1cc(Nc2ccc(NC(C)=O)cc2)ncn1. The van der Waals surface area contributed by atoms with Crippen LogP contribution < -0.4 is 20.7 Å². The van der Waals surface area contributed by atoms with Crippen LogP contribution in [0.3, 0.4) is 0 Å².